The van der Waals surface area contributed by atoms with Crippen LogP contribution in [0.2, 0.25) is 0 Å². The molecule has 0 saturated carbocycles. The minimum absolute atomic E-state index is 0.106. The first-order valence-corrected chi connectivity index (χ1v) is 6.95. The summed E-state index contributed by atoms with van der Waals surface area (Å²) in [6, 6.07) is 7.43. The van der Waals surface area contributed by atoms with Gasteiger partial charge in [-0.05, 0) is 30.4 Å². The maximum atomic E-state index is 11.7. The van der Waals surface area contributed by atoms with Crippen LogP contribution >= 0.6 is 11.8 Å². The molecule has 17 heavy (non-hydrogen) atoms. The molecular weight excluding hydrogens is 232 g/mol. The van der Waals surface area contributed by atoms with Crippen molar-refractivity contribution in [1.82, 2.24) is 0 Å². The molecule has 0 spiro atoms. The van der Waals surface area contributed by atoms with E-state index in [1.54, 1.807) is 11.8 Å². The first kappa shape index (κ1) is 14.1. The largest absolute Gasteiger partial charge is 0.325 e. The second-order valence-electron chi connectivity index (χ2n) is 3.85. The molecule has 0 saturated heterocycles. The maximum Gasteiger partial charge on any atom is 0.241 e. The van der Waals surface area contributed by atoms with E-state index >= 15 is 0 Å². The standard InChI is InChI=1S/C13H20N2OS/c1-3-6-12(14)13(16)15-10-7-5-8-11(9-10)17-4-2/h5,7-9,12H,3-4,6,14H2,1-2H3,(H,15,16). The number of rotatable bonds is 6. The number of carbonyl (C=O) groups excluding carboxylic acids is 1. The fourth-order valence-electron chi connectivity index (χ4n) is 1.51. The van der Waals surface area contributed by atoms with Gasteiger partial charge in [0.15, 0.2) is 0 Å². The Morgan fingerprint density at radius 3 is 2.88 bits per heavy atom. The monoisotopic (exact) mass is 252 g/mol. The van der Waals surface area contributed by atoms with E-state index in [-0.39, 0.29) is 5.91 Å². The Morgan fingerprint density at radius 1 is 1.47 bits per heavy atom. The summed E-state index contributed by atoms with van der Waals surface area (Å²) in [5.74, 6) is 0.915. The molecule has 0 radical (unpaired) electrons. The second kappa shape index (κ2) is 7.35. The van der Waals surface area contributed by atoms with Crippen LogP contribution in [0.25, 0.3) is 0 Å². The van der Waals surface area contributed by atoms with Gasteiger partial charge in [0, 0.05) is 10.6 Å². The highest BCUT2D eigenvalue weighted by Gasteiger charge is 2.12. The van der Waals surface area contributed by atoms with Crippen LogP contribution in [-0.2, 0) is 4.79 Å². The van der Waals surface area contributed by atoms with Crippen LogP contribution in [0.5, 0.6) is 0 Å². The Bertz CT molecular complexity index is 368. The first-order valence-electron chi connectivity index (χ1n) is 5.96. The summed E-state index contributed by atoms with van der Waals surface area (Å²) in [5, 5.41) is 2.85. The lowest BCUT2D eigenvalue weighted by Gasteiger charge is -2.11. The van der Waals surface area contributed by atoms with Gasteiger partial charge in [-0.15, -0.1) is 11.8 Å². The van der Waals surface area contributed by atoms with E-state index in [9.17, 15) is 4.79 Å². The third kappa shape index (κ3) is 4.79. The molecule has 0 aliphatic carbocycles. The maximum absolute atomic E-state index is 11.7. The van der Waals surface area contributed by atoms with Crippen molar-refractivity contribution in [3.8, 4) is 0 Å². The summed E-state index contributed by atoms with van der Waals surface area (Å²) >= 11 is 1.75. The molecule has 94 valence electrons. The lowest BCUT2D eigenvalue weighted by Crippen LogP contribution is -2.35. The molecule has 0 fully saturated rings. The molecule has 0 heterocycles. The quantitative estimate of drug-likeness (QED) is 0.765. The highest BCUT2D eigenvalue weighted by molar-refractivity contribution is 7.99. The summed E-state index contributed by atoms with van der Waals surface area (Å²) in [6.07, 6.45) is 1.63. The Labute approximate surface area is 107 Å². The van der Waals surface area contributed by atoms with Crippen molar-refractivity contribution in [1.29, 1.82) is 0 Å². The lowest BCUT2D eigenvalue weighted by molar-refractivity contribution is -0.117. The number of amides is 1. The van der Waals surface area contributed by atoms with Gasteiger partial charge in [0.1, 0.15) is 0 Å². The molecule has 0 aliphatic rings. The Morgan fingerprint density at radius 2 is 2.24 bits per heavy atom. The van der Waals surface area contributed by atoms with Gasteiger partial charge < -0.3 is 11.1 Å². The van der Waals surface area contributed by atoms with Crippen molar-refractivity contribution in [2.75, 3.05) is 11.1 Å². The molecule has 3 nitrogen and oxygen atoms in total. The smallest absolute Gasteiger partial charge is 0.241 e. The van der Waals surface area contributed by atoms with Crippen LogP contribution in [0.15, 0.2) is 29.2 Å². The zero-order valence-corrected chi connectivity index (χ0v) is 11.2. The van der Waals surface area contributed by atoms with E-state index in [0.29, 0.717) is 0 Å². The van der Waals surface area contributed by atoms with Crippen LogP contribution in [0, 0.1) is 0 Å². The van der Waals surface area contributed by atoms with Gasteiger partial charge in [-0.25, -0.2) is 0 Å². The summed E-state index contributed by atoms with van der Waals surface area (Å²) < 4.78 is 0. The third-order valence-corrected chi connectivity index (χ3v) is 3.22. The van der Waals surface area contributed by atoms with Crippen LogP contribution in [-0.4, -0.2) is 17.7 Å². The summed E-state index contributed by atoms with van der Waals surface area (Å²) in [4.78, 5) is 12.9. The van der Waals surface area contributed by atoms with Gasteiger partial charge in [-0.1, -0.05) is 26.3 Å². The van der Waals surface area contributed by atoms with Gasteiger partial charge >= 0.3 is 0 Å². The number of nitrogens with two attached hydrogens (primary N) is 1. The average Bonchev–Trinajstić information content (AvgIpc) is 2.30. The van der Waals surface area contributed by atoms with Gasteiger partial charge in [0.2, 0.25) is 5.91 Å². The van der Waals surface area contributed by atoms with Crippen LogP contribution < -0.4 is 11.1 Å². The number of anilines is 1. The predicted molar refractivity (Wildman–Crippen MR) is 74.4 cm³/mol. The summed E-state index contributed by atoms with van der Waals surface area (Å²) in [6.45, 7) is 4.12. The van der Waals surface area contributed by atoms with Crippen molar-refractivity contribution in [2.24, 2.45) is 5.73 Å². The normalized spacial score (nSPS) is 12.2. The van der Waals surface area contributed by atoms with Crippen molar-refractivity contribution in [3.05, 3.63) is 24.3 Å². The van der Waals surface area contributed by atoms with E-state index in [0.717, 1.165) is 29.2 Å². The fourth-order valence-corrected chi connectivity index (χ4v) is 2.23. The third-order valence-electron chi connectivity index (χ3n) is 2.35. The minimum atomic E-state index is -0.414. The molecule has 1 atom stereocenters. The van der Waals surface area contributed by atoms with Crippen LogP contribution in [0.4, 0.5) is 5.69 Å². The molecule has 0 aliphatic heterocycles. The molecule has 1 unspecified atom stereocenters. The summed E-state index contributed by atoms with van der Waals surface area (Å²) in [5.41, 5.74) is 6.57. The second-order valence-corrected chi connectivity index (χ2v) is 5.18. The number of nitrogens with one attached hydrogen (secondary N) is 1. The van der Waals surface area contributed by atoms with E-state index < -0.39 is 6.04 Å². The Kier molecular flexibility index (Phi) is 6.08. The van der Waals surface area contributed by atoms with Crippen molar-refractivity contribution in [3.63, 3.8) is 0 Å². The van der Waals surface area contributed by atoms with Crippen molar-refractivity contribution in [2.45, 2.75) is 37.6 Å². The highest BCUT2D eigenvalue weighted by Crippen LogP contribution is 2.21. The van der Waals surface area contributed by atoms with E-state index in [1.807, 2.05) is 31.2 Å². The van der Waals surface area contributed by atoms with Gasteiger partial charge in [0.25, 0.3) is 0 Å². The molecule has 1 aromatic rings. The fraction of sp³-hybridized carbons (Fsp3) is 0.462. The molecule has 1 amide bonds. The molecular formula is C13H20N2OS. The SMILES string of the molecule is CCCC(N)C(=O)Nc1cccc(SCC)c1. The van der Waals surface area contributed by atoms with Crippen LogP contribution in [0.3, 0.4) is 0 Å². The molecule has 1 rings (SSSR count). The zero-order chi connectivity index (χ0) is 12.7. The minimum Gasteiger partial charge on any atom is -0.325 e. The first-order chi connectivity index (χ1) is 8.17. The lowest BCUT2D eigenvalue weighted by atomic mass is 10.1. The molecule has 0 bridgehead atoms. The molecule has 1 aromatic carbocycles. The van der Waals surface area contributed by atoms with Crippen LogP contribution in [0.1, 0.15) is 26.7 Å². The topological polar surface area (TPSA) is 55.1 Å². The van der Waals surface area contributed by atoms with E-state index in [1.165, 1.54) is 0 Å². The predicted octanol–water partition coefficient (Wildman–Crippen LogP) is 2.86. The van der Waals surface area contributed by atoms with Crippen molar-refractivity contribution >= 4 is 23.4 Å². The van der Waals surface area contributed by atoms with Gasteiger partial charge in [0.05, 0.1) is 6.04 Å². The highest BCUT2D eigenvalue weighted by atomic mass is 32.2. The number of thioether (sulfide) groups is 1. The van der Waals surface area contributed by atoms with E-state index in [2.05, 4.69) is 12.2 Å². The Balaban J connectivity index is 2.61. The van der Waals surface area contributed by atoms with Gasteiger partial charge in [-0.2, -0.15) is 0 Å². The number of hydrogen-bond donors (Lipinski definition) is 2. The number of benzene rings is 1. The Hall–Kier alpha value is -1.00. The molecule has 4 heteroatoms. The van der Waals surface area contributed by atoms with Crippen molar-refractivity contribution < 1.29 is 4.79 Å². The van der Waals surface area contributed by atoms with Gasteiger partial charge in [-0.3, -0.25) is 4.79 Å². The van der Waals surface area contributed by atoms with E-state index in [4.69, 9.17) is 5.73 Å². The molecule has 3 N–H and O–H groups in total. The number of carbonyl (C=O) groups is 1. The zero-order valence-electron chi connectivity index (χ0n) is 10.4. The summed E-state index contributed by atoms with van der Waals surface area (Å²) in [7, 11) is 0. The average molecular weight is 252 g/mol. The molecule has 0 aromatic heterocycles. The number of hydrogen-bond acceptors (Lipinski definition) is 3.